The van der Waals surface area contributed by atoms with E-state index in [9.17, 15) is 28.2 Å². The monoisotopic (exact) mass is 528 g/mol. The molecule has 2 fully saturated rings. The zero-order chi connectivity index (χ0) is 27.0. The SMILES string of the molecule is C=CCN1CC[C@]23c4c5ccc(O)c4O[C@H]2[C@H](N(C)C(=O)Cc2cccc(C(F)(F)F)c2)CC[C@@]3(O)[C@H]1C5. The highest BCUT2D eigenvalue weighted by molar-refractivity contribution is 5.79. The first kappa shape index (κ1) is 25.2. The number of hydrogen-bond donors (Lipinski definition) is 2. The van der Waals surface area contributed by atoms with Crippen molar-refractivity contribution in [3.05, 3.63) is 71.3 Å². The number of phenolic OH excluding ortho intramolecular Hbond substituents is 1. The maximum Gasteiger partial charge on any atom is 0.416 e. The van der Waals surface area contributed by atoms with Gasteiger partial charge in [-0.25, -0.2) is 0 Å². The number of ether oxygens (including phenoxy) is 1. The fraction of sp³-hybridized carbons (Fsp3) is 0.483. The Balaban J connectivity index is 1.35. The topological polar surface area (TPSA) is 73.2 Å². The van der Waals surface area contributed by atoms with Crippen LogP contribution in [-0.4, -0.2) is 69.8 Å². The van der Waals surface area contributed by atoms with Crippen molar-refractivity contribution in [2.24, 2.45) is 0 Å². The molecule has 202 valence electrons. The van der Waals surface area contributed by atoms with Crippen LogP contribution in [0.1, 0.15) is 41.5 Å². The molecule has 2 aromatic carbocycles. The number of phenols is 1. The maximum atomic E-state index is 13.4. The molecule has 0 unspecified atom stereocenters. The average molecular weight is 529 g/mol. The van der Waals surface area contributed by atoms with Crippen LogP contribution in [0, 0.1) is 0 Å². The van der Waals surface area contributed by atoms with E-state index in [2.05, 4.69) is 11.5 Å². The van der Waals surface area contributed by atoms with Crippen LogP contribution in [0.4, 0.5) is 13.2 Å². The van der Waals surface area contributed by atoms with E-state index in [1.54, 1.807) is 18.0 Å². The lowest BCUT2D eigenvalue weighted by Crippen LogP contribution is -2.78. The van der Waals surface area contributed by atoms with E-state index in [-0.39, 0.29) is 29.7 Å². The number of aromatic hydroxyl groups is 1. The Morgan fingerprint density at radius 2 is 2.08 bits per heavy atom. The van der Waals surface area contributed by atoms with Gasteiger partial charge in [-0.05, 0) is 55.5 Å². The number of carbonyl (C=O) groups is 1. The van der Waals surface area contributed by atoms with Crippen LogP contribution >= 0.6 is 0 Å². The van der Waals surface area contributed by atoms with Crippen LogP contribution in [0.5, 0.6) is 11.5 Å². The highest BCUT2D eigenvalue weighted by Crippen LogP contribution is 2.65. The number of rotatable bonds is 5. The molecule has 2 aliphatic heterocycles. The van der Waals surface area contributed by atoms with Crippen molar-refractivity contribution in [1.82, 2.24) is 9.80 Å². The normalized spacial score (nSPS) is 31.3. The van der Waals surface area contributed by atoms with Gasteiger partial charge in [0, 0.05) is 25.2 Å². The lowest BCUT2D eigenvalue weighted by Gasteiger charge is -2.64. The van der Waals surface area contributed by atoms with E-state index in [1.807, 2.05) is 12.1 Å². The third kappa shape index (κ3) is 3.37. The number of hydrogen-bond acceptors (Lipinski definition) is 5. The fourth-order valence-corrected chi connectivity index (χ4v) is 7.73. The minimum atomic E-state index is -4.49. The number of piperidine rings is 1. The van der Waals surface area contributed by atoms with E-state index < -0.39 is 34.9 Å². The molecule has 6 rings (SSSR count). The molecule has 2 aliphatic carbocycles. The predicted octanol–water partition coefficient (Wildman–Crippen LogP) is 3.82. The summed E-state index contributed by atoms with van der Waals surface area (Å²) in [5, 5.41) is 23.2. The van der Waals surface area contributed by atoms with Crippen molar-refractivity contribution in [2.75, 3.05) is 20.1 Å². The Labute approximate surface area is 219 Å². The molecule has 1 saturated heterocycles. The lowest BCUT2D eigenvalue weighted by atomic mass is 9.48. The van der Waals surface area contributed by atoms with Crippen molar-refractivity contribution >= 4 is 5.91 Å². The number of aliphatic hydroxyl groups is 1. The number of halogens is 3. The van der Waals surface area contributed by atoms with Gasteiger partial charge in [-0.3, -0.25) is 9.69 Å². The van der Waals surface area contributed by atoms with Gasteiger partial charge in [-0.15, -0.1) is 6.58 Å². The highest BCUT2D eigenvalue weighted by atomic mass is 19.4. The van der Waals surface area contributed by atoms with Gasteiger partial charge in [0.2, 0.25) is 5.91 Å². The second-order valence-electron chi connectivity index (χ2n) is 11.1. The first-order valence-electron chi connectivity index (χ1n) is 13.0. The first-order valence-corrected chi connectivity index (χ1v) is 13.0. The maximum absolute atomic E-state index is 13.4. The number of carbonyl (C=O) groups excluding carboxylic acids is 1. The van der Waals surface area contributed by atoms with E-state index in [1.165, 1.54) is 12.1 Å². The van der Waals surface area contributed by atoms with Crippen LogP contribution in [0.15, 0.2) is 49.1 Å². The molecule has 6 nitrogen and oxygen atoms in total. The molecule has 0 aromatic heterocycles. The average Bonchev–Trinajstić information content (AvgIpc) is 3.22. The summed E-state index contributed by atoms with van der Waals surface area (Å²) in [5.74, 6) is 0.0716. The predicted molar refractivity (Wildman–Crippen MR) is 134 cm³/mol. The van der Waals surface area contributed by atoms with E-state index >= 15 is 0 Å². The molecule has 1 spiro atoms. The molecular weight excluding hydrogens is 497 g/mol. The summed E-state index contributed by atoms with van der Waals surface area (Å²) in [5.41, 5.74) is -0.542. The molecule has 2 N–H and O–H groups in total. The Hall–Kier alpha value is -3.04. The Kier molecular flexibility index (Phi) is 5.63. The fourth-order valence-electron chi connectivity index (χ4n) is 7.73. The zero-order valence-corrected chi connectivity index (χ0v) is 21.2. The van der Waals surface area contributed by atoms with Crippen LogP contribution in [0.25, 0.3) is 0 Å². The van der Waals surface area contributed by atoms with E-state index in [4.69, 9.17) is 4.74 Å². The van der Waals surface area contributed by atoms with Crippen molar-refractivity contribution in [2.45, 2.75) is 67.5 Å². The van der Waals surface area contributed by atoms with Gasteiger partial charge in [-0.2, -0.15) is 13.2 Å². The summed E-state index contributed by atoms with van der Waals surface area (Å²) in [4.78, 5) is 17.2. The van der Waals surface area contributed by atoms with Crippen molar-refractivity contribution in [3.8, 4) is 11.5 Å². The number of benzene rings is 2. The molecular formula is C29H31F3N2O4. The first-order chi connectivity index (χ1) is 18.0. The third-order valence-electron chi connectivity index (χ3n) is 9.41. The van der Waals surface area contributed by atoms with Crippen LogP contribution in [0.3, 0.4) is 0 Å². The summed E-state index contributed by atoms with van der Waals surface area (Å²) in [7, 11) is 1.65. The second kappa shape index (κ2) is 8.48. The summed E-state index contributed by atoms with van der Waals surface area (Å²) < 4.78 is 46.1. The molecule has 2 aromatic rings. The number of likely N-dealkylation sites (tertiary alicyclic amines) is 1. The molecule has 2 heterocycles. The van der Waals surface area contributed by atoms with E-state index in [0.29, 0.717) is 44.5 Å². The number of amides is 1. The van der Waals surface area contributed by atoms with Crippen molar-refractivity contribution < 1.29 is 32.9 Å². The molecule has 38 heavy (non-hydrogen) atoms. The Morgan fingerprint density at radius 1 is 1.29 bits per heavy atom. The lowest BCUT2D eigenvalue weighted by molar-refractivity contribution is -0.198. The summed E-state index contributed by atoms with van der Waals surface area (Å²) in [6, 6.07) is 7.78. The van der Waals surface area contributed by atoms with Gasteiger partial charge in [0.25, 0.3) is 0 Å². The molecule has 1 saturated carbocycles. The Bertz CT molecular complexity index is 1310. The molecule has 9 heteroatoms. The summed E-state index contributed by atoms with van der Waals surface area (Å²) >= 11 is 0. The number of alkyl halides is 3. The second-order valence-corrected chi connectivity index (χ2v) is 11.1. The molecule has 5 atom stereocenters. The summed E-state index contributed by atoms with van der Waals surface area (Å²) in [6.45, 7) is 5.24. The number of nitrogens with zero attached hydrogens (tertiary/aromatic N) is 2. The van der Waals surface area contributed by atoms with Gasteiger partial charge in [0.1, 0.15) is 6.10 Å². The standard InChI is InChI=1S/C29H31F3N2O4/c1-3-12-34-13-11-27-24-18-7-8-21(35)25(24)38-26(27)20(9-10-28(27,37)22(34)16-18)33(2)23(36)15-17-5-4-6-19(14-17)29(30,31)32/h3-8,14,20,22,26,35,37H,1,9-13,15-16H2,2H3/t20-,22-,26+,27+,28-/m1/s1. The van der Waals surface area contributed by atoms with Gasteiger partial charge in [0.15, 0.2) is 11.5 Å². The number of likely N-dealkylation sites (N-methyl/N-ethyl adjacent to an activating group) is 1. The minimum Gasteiger partial charge on any atom is -0.504 e. The third-order valence-corrected chi connectivity index (χ3v) is 9.41. The highest BCUT2D eigenvalue weighted by Gasteiger charge is 2.73. The van der Waals surface area contributed by atoms with Gasteiger partial charge in [-0.1, -0.05) is 30.3 Å². The molecule has 1 amide bonds. The molecule has 0 radical (unpaired) electrons. The Morgan fingerprint density at radius 3 is 2.82 bits per heavy atom. The quantitative estimate of drug-likeness (QED) is 0.578. The molecule has 2 bridgehead atoms. The van der Waals surface area contributed by atoms with Crippen LogP contribution in [0.2, 0.25) is 0 Å². The van der Waals surface area contributed by atoms with Crippen molar-refractivity contribution in [3.63, 3.8) is 0 Å². The summed E-state index contributed by atoms with van der Waals surface area (Å²) in [6.07, 6.45) is -1.30. The van der Waals surface area contributed by atoms with Crippen LogP contribution in [-0.2, 0) is 29.2 Å². The zero-order valence-electron chi connectivity index (χ0n) is 21.2. The largest absolute Gasteiger partial charge is 0.504 e. The smallest absolute Gasteiger partial charge is 0.416 e. The van der Waals surface area contributed by atoms with Gasteiger partial charge < -0.3 is 19.8 Å². The van der Waals surface area contributed by atoms with Gasteiger partial charge in [0.05, 0.1) is 29.0 Å². The van der Waals surface area contributed by atoms with Gasteiger partial charge >= 0.3 is 6.18 Å². The van der Waals surface area contributed by atoms with E-state index in [0.717, 1.165) is 23.3 Å². The van der Waals surface area contributed by atoms with Crippen molar-refractivity contribution in [1.29, 1.82) is 0 Å². The van der Waals surface area contributed by atoms with Crippen LogP contribution < -0.4 is 4.74 Å². The minimum absolute atomic E-state index is 0.0125. The molecule has 4 aliphatic rings.